The number of hydrogen-bond donors (Lipinski definition) is 3. The fourth-order valence-corrected chi connectivity index (χ4v) is 4.13. The number of furan rings is 1. The van der Waals surface area contributed by atoms with Crippen LogP contribution in [-0.4, -0.2) is 29.0 Å². The maximum Gasteiger partial charge on any atom is 0.294 e. The highest BCUT2D eigenvalue weighted by Crippen LogP contribution is 2.31. The Morgan fingerprint density at radius 3 is 2.90 bits per heavy atom. The number of aromatic nitrogens is 2. The van der Waals surface area contributed by atoms with Gasteiger partial charge in [-0.2, -0.15) is 0 Å². The molecule has 1 unspecified atom stereocenters. The standard InChI is InChI=1S/C22H18ClFN4O3/c23-16-9-13(26-21(29)11-2-1-7-25-10-11)4-5-14(16)20-27-18-15-8-12(24)3-6-17(15)31-19(18)22(30)28-20/h3-6,8-9,11,25H,1-2,7,10H2,(H,26,29)(H,27,28,30). The molecule has 3 N–H and O–H groups in total. The van der Waals surface area contributed by atoms with Gasteiger partial charge in [0, 0.05) is 23.2 Å². The summed E-state index contributed by atoms with van der Waals surface area (Å²) in [4.78, 5) is 32.1. The Bertz CT molecular complexity index is 1370. The van der Waals surface area contributed by atoms with Gasteiger partial charge >= 0.3 is 0 Å². The van der Waals surface area contributed by atoms with Crippen molar-refractivity contribution in [2.45, 2.75) is 12.8 Å². The topological polar surface area (TPSA) is 100 Å². The van der Waals surface area contributed by atoms with Crippen molar-refractivity contribution in [1.29, 1.82) is 0 Å². The summed E-state index contributed by atoms with van der Waals surface area (Å²) in [6.45, 7) is 1.58. The number of carbonyl (C=O) groups is 1. The summed E-state index contributed by atoms with van der Waals surface area (Å²) in [5, 5.41) is 6.82. The van der Waals surface area contributed by atoms with Crippen LogP contribution < -0.4 is 16.2 Å². The van der Waals surface area contributed by atoms with Gasteiger partial charge in [-0.3, -0.25) is 9.59 Å². The molecule has 2 aromatic carbocycles. The first-order valence-corrected chi connectivity index (χ1v) is 10.3. The number of H-pyrrole nitrogens is 1. The van der Waals surface area contributed by atoms with Gasteiger partial charge in [0.1, 0.15) is 22.7 Å². The van der Waals surface area contributed by atoms with Gasteiger partial charge in [-0.25, -0.2) is 9.37 Å². The predicted octanol–water partition coefficient (Wildman–Crippen LogP) is 4.07. The summed E-state index contributed by atoms with van der Waals surface area (Å²) >= 11 is 6.44. The molecule has 31 heavy (non-hydrogen) atoms. The monoisotopic (exact) mass is 440 g/mol. The fourth-order valence-electron chi connectivity index (χ4n) is 3.86. The van der Waals surface area contributed by atoms with Crippen molar-refractivity contribution in [3.8, 4) is 11.4 Å². The van der Waals surface area contributed by atoms with E-state index >= 15 is 0 Å². The molecule has 1 atom stereocenters. The Morgan fingerprint density at radius 2 is 2.13 bits per heavy atom. The molecule has 9 heteroatoms. The summed E-state index contributed by atoms with van der Waals surface area (Å²) < 4.78 is 19.2. The van der Waals surface area contributed by atoms with E-state index in [1.807, 2.05) is 0 Å². The van der Waals surface area contributed by atoms with Crippen LogP contribution in [0.25, 0.3) is 33.5 Å². The Labute approximate surface area is 180 Å². The minimum Gasteiger partial charge on any atom is -0.449 e. The number of fused-ring (bicyclic) bond motifs is 3. The van der Waals surface area contributed by atoms with Gasteiger partial charge < -0.3 is 20.0 Å². The second-order valence-corrected chi connectivity index (χ2v) is 7.97. The number of anilines is 1. The molecule has 2 aromatic heterocycles. The number of nitrogens with one attached hydrogen (secondary N) is 3. The van der Waals surface area contributed by atoms with E-state index in [9.17, 15) is 14.0 Å². The molecule has 0 radical (unpaired) electrons. The number of piperidine rings is 1. The first kappa shape index (κ1) is 19.7. The van der Waals surface area contributed by atoms with Crippen molar-refractivity contribution in [1.82, 2.24) is 15.3 Å². The highest BCUT2D eigenvalue weighted by Gasteiger charge is 2.21. The van der Waals surface area contributed by atoms with Crippen LogP contribution in [0.4, 0.5) is 10.1 Å². The van der Waals surface area contributed by atoms with Crippen molar-refractivity contribution in [3.05, 3.63) is 57.6 Å². The predicted molar refractivity (Wildman–Crippen MR) is 117 cm³/mol. The van der Waals surface area contributed by atoms with Crippen LogP contribution in [0.3, 0.4) is 0 Å². The minimum atomic E-state index is -0.491. The third-order valence-electron chi connectivity index (χ3n) is 5.45. The van der Waals surface area contributed by atoms with E-state index in [2.05, 4.69) is 20.6 Å². The fraction of sp³-hybridized carbons (Fsp3) is 0.227. The lowest BCUT2D eigenvalue weighted by Crippen LogP contribution is -2.37. The number of hydrogen-bond acceptors (Lipinski definition) is 5. The maximum absolute atomic E-state index is 13.7. The Morgan fingerprint density at radius 1 is 1.26 bits per heavy atom. The second kappa shape index (κ2) is 7.79. The molecule has 7 nitrogen and oxygen atoms in total. The number of rotatable bonds is 3. The summed E-state index contributed by atoms with van der Waals surface area (Å²) in [5.74, 6) is -0.368. The van der Waals surface area contributed by atoms with Gasteiger partial charge in [-0.05, 0) is 55.8 Å². The molecular formula is C22H18ClFN4O3. The molecule has 1 aliphatic rings. The van der Waals surface area contributed by atoms with Crippen molar-refractivity contribution in [2.75, 3.05) is 18.4 Å². The molecule has 158 valence electrons. The van der Waals surface area contributed by atoms with Crippen molar-refractivity contribution < 1.29 is 13.6 Å². The molecule has 1 fully saturated rings. The SMILES string of the molecule is O=C(Nc1ccc(-c2nc3c(oc4ccc(F)cc43)c(=O)[nH]2)c(Cl)c1)C1CCCNC1. The Balaban J connectivity index is 1.49. The maximum atomic E-state index is 13.7. The van der Waals surface area contributed by atoms with E-state index in [4.69, 9.17) is 16.0 Å². The normalized spacial score (nSPS) is 16.6. The lowest BCUT2D eigenvalue weighted by atomic mass is 9.99. The summed E-state index contributed by atoms with van der Waals surface area (Å²) in [6, 6.07) is 8.97. The number of nitrogens with zero attached hydrogens (tertiary/aromatic N) is 1. The largest absolute Gasteiger partial charge is 0.449 e. The van der Waals surface area contributed by atoms with Gasteiger partial charge in [0.05, 0.1) is 10.9 Å². The van der Waals surface area contributed by atoms with E-state index in [-0.39, 0.29) is 28.7 Å². The highest BCUT2D eigenvalue weighted by atomic mass is 35.5. The van der Waals surface area contributed by atoms with Crippen LogP contribution in [0, 0.1) is 11.7 Å². The second-order valence-electron chi connectivity index (χ2n) is 7.56. The zero-order chi connectivity index (χ0) is 21.5. The van der Waals surface area contributed by atoms with E-state index in [0.717, 1.165) is 19.4 Å². The number of amides is 1. The average molecular weight is 441 g/mol. The van der Waals surface area contributed by atoms with Crippen LogP contribution in [0.2, 0.25) is 5.02 Å². The van der Waals surface area contributed by atoms with Crippen LogP contribution in [0.5, 0.6) is 0 Å². The molecule has 0 spiro atoms. The molecule has 5 rings (SSSR count). The molecule has 3 heterocycles. The quantitative estimate of drug-likeness (QED) is 0.446. The van der Waals surface area contributed by atoms with E-state index < -0.39 is 11.4 Å². The van der Waals surface area contributed by atoms with E-state index in [1.165, 1.54) is 18.2 Å². The summed E-state index contributed by atoms with van der Waals surface area (Å²) in [7, 11) is 0. The molecular weight excluding hydrogens is 423 g/mol. The van der Waals surface area contributed by atoms with E-state index in [1.54, 1.807) is 18.2 Å². The molecule has 1 amide bonds. The van der Waals surface area contributed by atoms with Crippen LogP contribution in [-0.2, 0) is 4.79 Å². The summed E-state index contributed by atoms with van der Waals surface area (Å²) in [5.41, 5.74) is 1.19. The minimum absolute atomic E-state index is 0.0189. The van der Waals surface area contributed by atoms with Crippen LogP contribution in [0.15, 0.2) is 45.6 Å². The third-order valence-corrected chi connectivity index (χ3v) is 5.76. The highest BCUT2D eigenvalue weighted by molar-refractivity contribution is 6.33. The van der Waals surface area contributed by atoms with E-state index in [0.29, 0.717) is 33.8 Å². The Kier molecular flexibility index (Phi) is 4.95. The van der Waals surface area contributed by atoms with Gasteiger partial charge in [0.2, 0.25) is 11.5 Å². The molecule has 1 aliphatic heterocycles. The first-order chi connectivity index (χ1) is 15.0. The van der Waals surface area contributed by atoms with Crippen molar-refractivity contribution in [2.24, 2.45) is 5.92 Å². The number of halogens is 2. The molecule has 4 aromatic rings. The zero-order valence-corrected chi connectivity index (χ0v) is 17.1. The van der Waals surface area contributed by atoms with Crippen LogP contribution in [0.1, 0.15) is 12.8 Å². The smallest absolute Gasteiger partial charge is 0.294 e. The van der Waals surface area contributed by atoms with Crippen LogP contribution >= 0.6 is 11.6 Å². The van der Waals surface area contributed by atoms with Gasteiger partial charge in [-0.1, -0.05) is 11.6 Å². The first-order valence-electron chi connectivity index (χ1n) is 9.93. The molecule has 0 bridgehead atoms. The number of aromatic amines is 1. The van der Waals surface area contributed by atoms with Gasteiger partial charge in [0.15, 0.2) is 0 Å². The van der Waals surface area contributed by atoms with Crippen molar-refractivity contribution >= 4 is 45.3 Å². The number of carbonyl (C=O) groups excluding carboxylic acids is 1. The van der Waals surface area contributed by atoms with Gasteiger partial charge in [0.25, 0.3) is 5.56 Å². The lowest BCUT2D eigenvalue weighted by Gasteiger charge is -2.22. The average Bonchev–Trinajstić information content (AvgIpc) is 3.13. The zero-order valence-electron chi connectivity index (χ0n) is 16.3. The van der Waals surface area contributed by atoms with Crippen molar-refractivity contribution in [3.63, 3.8) is 0 Å². The van der Waals surface area contributed by atoms with Gasteiger partial charge in [-0.15, -0.1) is 0 Å². The number of benzene rings is 2. The lowest BCUT2D eigenvalue weighted by molar-refractivity contribution is -0.120. The molecule has 1 saturated heterocycles. The Hall–Kier alpha value is -3.23. The molecule has 0 saturated carbocycles. The summed E-state index contributed by atoms with van der Waals surface area (Å²) in [6.07, 6.45) is 1.81. The third kappa shape index (κ3) is 3.68. The molecule has 0 aliphatic carbocycles.